The van der Waals surface area contributed by atoms with Gasteiger partial charge in [-0.2, -0.15) is 0 Å². The minimum Gasteiger partial charge on any atom is -0.294 e. The summed E-state index contributed by atoms with van der Waals surface area (Å²) in [4.78, 5) is 16.4. The van der Waals surface area contributed by atoms with Crippen LogP contribution in [0.3, 0.4) is 0 Å². The van der Waals surface area contributed by atoms with Gasteiger partial charge < -0.3 is 0 Å². The summed E-state index contributed by atoms with van der Waals surface area (Å²) in [5.74, 6) is 0.165. The predicted molar refractivity (Wildman–Crippen MR) is 80.4 cm³/mol. The number of carbonyl (C=O) groups is 1. The number of hydrogen-bond acceptors (Lipinski definition) is 2. The Morgan fingerprint density at radius 1 is 1.11 bits per heavy atom. The maximum absolute atomic E-state index is 12.2. The largest absolute Gasteiger partial charge is 0.294 e. The molecule has 0 amide bonds. The molecule has 0 fully saturated rings. The molecule has 2 heteroatoms. The lowest BCUT2D eigenvalue weighted by molar-refractivity contribution is 0.0858. The number of hydrogen-bond donors (Lipinski definition) is 0. The summed E-state index contributed by atoms with van der Waals surface area (Å²) in [6.07, 6.45) is 6.88. The highest BCUT2D eigenvalue weighted by Crippen LogP contribution is 2.23. The van der Waals surface area contributed by atoms with Crippen molar-refractivity contribution in [3.63, 3.8) is 0 Å². The lowest BCUT2D eigenvalue weighted by Crippen LogP contribution is -2.20. The van der Waals surface area contributed by atoms with Gasteiger partial charge in [0, 0.05) is 23.4 Å². The van der Waals surface area contributed by atoms with Crippen LogP contribution in [-0.2, 0) is 6.42 Å². The monoisotopic (exact) mass is 261 g/mol. The molecule has 0 atom stereocenters. The highest BCUT2D eigenvalue weighted by atomic mass is 16.1. The zero-order chi connectivity index (χ0) is 14.7. The van der Waals surface area contributed by atoms with Gasteiger partial charge in [-0.1, -0.05) is 41.5 Å². The minimum atomic E-state index is -0.342. The molecule has 106 valence electrons. The van der Waals surface area contributed by atoms with Gasteiger partial charge in [-0.15, -0.1) is 0 Å². The number of nitrogens with zero attached hydrogens (tertiary/aromatic N) is 1. The van der Waals surface area contributed by atoms with Crippen LogP contribution in [-0.4, -0.2) is 10.8 Å². The summed E-state index contributed by atoms with van der Waals surface area (Å²) in [5.41, 5.74) is 1.93. The summed E-state index contributed by atoms with van der Waals surface area (Å²) in [6, 6.07) is 2.00. The first-order valence-corrected chi connectivity index (χ1v) is 7.08. The predicted octanol–water partition coefficient (Wildman–Crippen LogP) is 4.68. The van der Waals surface area contributed by atoms with E-state index in [4.69, 9.17) is 0 Å². The summed E-state index contributed by atoms with van der Waals surface area (Å²) in [7, 11) is 0. The average Bonchev–Trinajstić information content (AvgIpc) is 2.25. The van der Waals surface area contributed by atoms with Crippen LogP contribution in [0.5, 0.6) is 0 Å². The number of aryl methyl sites for hydroxylation is 1. The molecule has 0 saturated heterocycles. The van der Waals surface area contributed by atoms with Gasteiger partial charge in [-0.25, -0.2) is 0 Å². The first-order chi connectivity index (χ1) is 8.59. The van der Waals surface area contributed by atoms with Crippen LogP contribution in [0.15, 0.2) is 18.5 Å². The third kappa shape index (κ3) is 5.54. The van der Waals surface area contributed by atoms with Crippen LogP contribution in [0.25, 0.3) is 0 Å². The van der Waals surface area contributed by atoms with E-state index in [1.807, 2.05) is 33.0 Å². The Bertz CT molecular complexity index is 435. The fourth-order valence-corrected chi connectivity index (χ4v) is 2.00. The topological polar surface area (TPSA) is 30.0 Å². The molecule has 1 aromatic heterocycles. The van der Waals surface area contributed by atoms with Gasteiger partial charge in [0.05, 0.1) is 0 Å². The van der Waals surface area contributed by atoms with E-state index in [0.717, 1.165) is 18.4 Å². The molecular formula is C17H27NO. The average molecular weight is 261 g/mol. The molecule has 0 spiro atoms. The second-order valence-electron chi connectivity index (χ2n) is 7.58. The zero-order valence-electron chi connectivity index (χ0n) is 13.2. The Kier molecular flexibility index (Phi) is 4.89. The lowest BCUT2D eigenvalue weighted by atomic mass is 9.86. The Hall–Kier alpha value is -1.18. The molecule has 0 unspecified atom stereocenters. The van der Waals surface area contributed by atoms with E-state index in [2.05, 4.69) is 25.8 Å². The van der Waals surface area contributed by atoms with E-state index in [1.54, 1.807) is 6.20 Å². The third-order valence-corrected chi connectivity index (χ3v) is 3.13. The number of rotatable bonds is 4. The highest BCUT2D eigenvalue weighted by molar-refractivity contribution is 5.99. The molecule has 0 aliphatic rings. The Balaban J connectivity index is 2.70. The van der Waals surface area contributed by atoms with Crippen molar-refractivity contribution >= 4 is 5.78 Å². The summed E-state index contributed by atoms with van der Waals surface area (Å²) in [6.45, 7) is 12.6. The molecule has 0 N–H and O–H groups in total. The van der Waals surface area contributed by atoms with E-state index in [9.17, 15) is 4.79 Å². The van der Waals surface area contributed by atoms with Crippen LogP contribution >= 0.6 is 0 Å². The maximum Gasteiger partial charge on any atom is 0.169 e. The van der Waals surface area contributed by atoms with Gasteiger partial charge in [0.15, 0.2) is 5.78 Å². The van der Waals surface area contributed by atoms with Gasteiger partial charge in [0.25, 0.3) is 0 Å². The van der Waals surface area contributed by atoms with Crippen molar-refractivity contribution in [1.82, 2.24) is 4.98 Å². The molecule has 0 aromatic carbocycles. The van der Waals surface area contributed by atoms with Crippen LogP contribution < -0.4 is 0 Å². The van der Waals surface area contributed by atoms with Crippen molar-refractivity contribution in [1.29, 1.82) is 0 Å². The van der Waals surface area contributed by atoms with Crippen molar-refractivity contribution in [2.24, 2.45) is 10.8 Å². The molecule has 0 saturated carbocycles. The second kappa shape index (κ2) is 5.85. The van der Waals surface area contributed by atoms with Crippen molar-refractivity contribution < 1.29 is 4.79 Å². The fraction of sp³-hybridized carbons (Fsp3) is 0.647. The third-order valence-electron chi connectivity index (χ3n) is 3.13. The molecule has 1 rings (SSSR count). The Morgan fingerprint density at radius 3 is 2.26 bits per heavy atom. The Labute approximate surface area is 117 Å². The van der Waals surface area contributed by atoms with E-state index in [1.165, 1.54) is 12.0 Å². The summed E-state index contributed by atoms with van der Waals surface area (Å²) < 4.78 is 0. The summed E-state index contributed by atoms with van der Waals surface area (Å²) >= 11 is 0. The van der Waals surface area contributed by atoms with Gasteiger partial charge in [0.1, 0.15) is 0 Å². The van der Waals surface area contributed by atoms with Gasteiger partial charge in [0.2, 0.25) is 0 Å². The van der Waals surface area contributed by atoms with E-state index in [0.29, 0.717) is 5.41 Å². The van der Waals surface area contributed by atoms with Crippen molar-refractivity contribution in [3.05, 3.63) is 29.6 Å². The minimum absolute atomic E-state index is 0.165. The molecule has 0 radical (unpaired) electrons. The van der Waals surface area contributed by atoms with Crippen LogP contribution in [0.4, 0.5) is 0 Å². The van der Waals surface area contributed by atoms with E-state index in [-0.39, 0.29) is 11.2 Å². The zero-order valence-corrected chi connectivity index (χ0v) is 13.2. The van der Waals surface area contributed by atoms with E-state index >= 15 is 0 Å². The second-order valence-corrected chi connectivity index (χ2v) is 7.58. The van der Waals surface area contributed by atoms with E-state index < -0.39 is 0 Å². The highest BCUT2D eigenvalue weighted by Gasteiger charge is 2.23. The molecule has 2 nitrogen and oxygen atoms in total. The van der Waals surface area contributed by atoms with Gasteiger partial charge in [-0.05, 0) is 36.3 Å². The molecule has 1 aromatic rings. The standard InChI is InChI=1S/C17H27NO/c1-16(2,3)9-7-8-13-10-14(12-18-11-13)15(19)17(4,5)6/h10-12H,7-9H2,1-6H3. The van der Waals surface area contributed by atoms with Crippen LogP contribution in [0.1, 0.15) is 70.3 Å². The summed E-state index contributed by atoms with van der Waals surface area (Å²) in [5, 5.41) is 0. The van der Waals surface area contributed by atoms with Crippen LogP contribution in [0, 0.1) is 10.8 Å². The maximum atomic E-state index is 12.2. The number of carbonyl (C=O) groups excluding carboxylic acids is 1. The van der Waals surface area contributed by atoms with Crippen molar-refractivity contribution in [3.8, 4) is 0 Å². The number of ketones is 1. The molecular weight excluding hydrogens is 234 g/mol. The fourth-order valence-electron chi connectivity index (χ4n) is 2.00. The number of Topliss-reactive ketones (excluding diaryl/α,β-unsaturated/α-hetero) is 1. The first-order valence-electron chi connectivity index (χ1n) is 7.08. The van der Waals surface area contributed by atoms with Crippen LogP contribution in [0.2, 0.25) is 0 Å². The molecule has 1 heterocycles. The first kappa shape index (κ1) is 15.9. The lowest BCUT2D eigenvalue weighted by Gasteiger charge is -2.18. The molecule has 0 aliphatic heterocycles. The van der Waals surface area contributed by atoms with Gasteiger partial charge in [-0.3, -0.25) is 9.78 Å². The Morgan fingerprint density at radius 2 is 1.74 bits per heavy atom. The number of aromatic nitrogens is 1. The smallest absolute Gasteiger partial charge is 0.169 e. The molecule has 0 aliphatic carbocycles. The van der Waals surface area contributed by atoms with Crippen molar-refractivity contribution in [2.75, 3.05) is 0 Å². The van der Waals surface area contributed by atoms with Crippen molar-refractivity contribution in [2.45, 2.75) is 60.8 Å². The van der Waals surface area contributed by atoms with Gasteiger partial charge >= 0.3 is 0 Å². The molecule has 0 bridgehead atoms. The quantitative estimate of drug-likeness (QED) is 0.737. The normalized spacial score (nSPS) is 12.5. The molecule has 19 heavy (non-hydrogen) atoms. The number of pyridine rings is 1. The SMILES string of the molecule is CC(C)(C)CCCc1cncc(C(=O)C(C)(C)C)c1.